The number of hydrogen-bond acceptors (Lipinski definition) is 5. The van der Waals surface area contributed by atoms with Crippen LogP contribution >= 0.6 is 0 Å². The first-order chi connectivity index (χ1) is 14.2. The van der Waals surface area contributed by atoms with Crippen molar-refractivity contribution in [1.29, 1.82) is 0 Å². The van der Waals surface area contributed by atoms with Crippen LogP contribution in [-0.2, 0) is 0 Å². The number of hydrogen-bond donors (Lipinski definition) is 2. The molecule has 29 heavy (non-hydrogen) atoms. The van der Waals surface area contributed by atoms with E-state index in [0.717, 1.165) is 29.9 Å². The van der Waals surface area contributed by atoms with Crippen LogP contribution in [0.2, 0.25) is 0 Å². The highest BCUT2D eigenvalue weighted by Crippen LogP contribution is 2.24. The first-order valence-corrected chi connectivity index (χ1v) is 9.85. The first kappa shape index (κ1) is 17.5. The molecule has 0 amide bonds. The van der Waals surface area contributed by atoms with Gasteiger partial charge in [0.05, 0.1) is 11.1 Å². The summed E-state index contributed by atoms with van der Waals surface area (Å²) in [6.45, 7) is 4.11. The van der Waals surface area contributed by atoms with Crippen LogP contribution in [0.25, 0.3) is 16.5 Å². The van der Waals surface area contributed by atoms with Crippen LogP contribution in [0.15, 0.2) is 59.4 Å². The molecule has 0 bridgehead atoms. The third-order valence-electron chi connectivity index (χ3n) is 5.32. The molecule has 7 heteroatoms. The van der Waals surface area contributed by atoms with Gasteiger partial charge in [0, 0.05) is 35.9 Å². The van der Waals surface area contributed by atoms with Crippen molar-refractivity contribution >= 4 is 28.1 Å². The standard InChI is InChI=1S/C22H22N6O/c1-15-14-20(25-24-15)23-21-18-6-2-3-7-19(18)22(29)28(26-21)17-10-8-16(9-11-17)27-12-4-5-13-27/h2-3,6-11,14H,4-5,12-13H2,1H3,(H2,23,24,25,26). The van der Waals surface area contributed by atoms with Crippen molar-refractivity contribution in [3.63, 3.8) is 0 Å². The lowest BCUT2D eigenvalue weighted by molar-refractivity contribution is 0.825. The van der Waals surface area contributed by atoms with Crippen molar-refractivity contribution in [2.75, 3.05) is 23.3 Å². The number of H-pyrrole nitrogens is 1. The molecule has 0 radical (unpaired) electrons. The molecule has 5 rings (SSSR count). The van der Waals surface area contributed by atoms with Crippen LogP contribution in [0.3, 0.4) is 0 Å². The van der Waals surface area contributed by atoms with Crippen LogP contribution in [-0.4, -0.2) is 33.1 Å². The lowest BCUT2D eigenvalue weighted by Gasteiger charge is -2.18. The molecule has 1 aliphatic heterocycles. The van der Waals surface area contributed by atoms with Crippen molar-refractivity contribution < 1.29 is 0 Å². The molecule has 7 nitrogen and oxygen atoms in total. The van der Waals surface area contributed by atoms with Crippen LogP contribution in [0.1, 0.15) is 18.5 Å². The summed E-state index contributed by atoms with van der Waals surface area (Å²) in [5.74, 6) is 1.25. The Balaban J connectivity index is 1.59. The maximum absolute atomic E-state index is 13.1. The monoisotopic (exact) mass is 386 g/mol. The Hall–Kier alpha value is -3.61. The average molecular weight is 386 g/mol. The highest BCUT2D eigenvalue weighted by molar-refractivity contribution is 5.92. The number of nitrogens with one attached hydrogen (secondary N) is 2. The number of rotatable bonds is 4. The molecule has 3 heterocycles. The van der Waals surface area contributed by atoms with E-state index in [1.54, 1.807) is 0 Å². The summed E-state index contributed by atoms with van der Waals surface area (Å²) in [5, 5.41) is 16.4. The molecule has 0 saturated carbocycles. The Morgan fingerprint density at radius 3 is 2.34 bits per heavy atom. The molecule has 146 valence electrons. The number of aromatic nitrogens is 4. The van der Waals surface area contributed by atoms with Gasteiger partial charge in [-0.15, -0.1) is 5.10 Å². The molecule has 0 unspecified atom stereocenters. The largest absolute Gasteiger partial charge is 0.372 e. The summed E-state index contributed by atoms with van der Waals surface area (Å²) < 4.78 is 1.46. The predicted octanol–water partition coefficient (Wildman–Crippen LogP) is 3.76. The van der Waals surface area contributed by atoms with E-state index in [0.29, 0.717) is 17.0 Å². The van der Waals surface area contributed by atoms with Gasteiger partial charge in [-0.1, -0.05) is 18.2 Å². The van der Waals surface area contributed by atoms with Crippen LogP contribution in [0.4, 0.5) is 17.3 Å². The van der Waals surface area contributed by atoms with Crippen molar-refractivity contribution in [2.24, 2.45) is 0 Å². The van der Waals surface area contributed by atoms with Crippen molar-refractivity contribution in [3.8, 4) is 5.69 Å². The second-order valence-corrected chi connectivity index (χ2v) is 7.38. The Bertz CT molecular complexity index is 1220. The normalized spacial score (nSPS) is 13.9. The molecule has 1 aliphatic rings. The SMILES string of the molecule is Cc1cc(Nc2nn(-c3ccc(N4CCCC4)cc3)c(=O)c3ccccc23)n[nH]1. The maximum Gasteiger partial charge on any atom is 0.279 e. The summed E-state index contributed by atoms with van der Waals surface area (Å²) in [4.78, 5) is 15.5. The molecular formula is C22H22N6O. The van der Waals surface area contributed by atoms with Crippen LogP contribution < -0.4 is 15.8 Å². The molecule has 1 fully saturated rings. The third kappa shape index (κ3) is 3.24. The molecule has 2 N–H and O–H groups in total. The minimum Gasteiger partial charge on any atom is -0.372 e. The number of anilines is 3. The lowest BCUT2D eigenvalue weighted by Crippen LogP contribution is -2.23. The molecule has 0 aliphatic carbocycles. The Kier molecular flexibility index (Phi) is 4.27. The van der Waals surface area contributed by atoms with Gasteiger partial charge in [0.2, 0.25) is 0 Å². The summed E-state index contributed by atoms with van der Waals surface area (Å²) in [6, 6.07) is 17.4. The van der Waals surface area contributed by atoms with E-state index in [1.807, 2.05) is 49.4 Å². The van der Waals surface area contributed by atoms with Gasteiger partial charge >= 0.3 is 0 Å². The van der Waals surface area contributed by atoms with Gasteiger partial charge in [0.1, 0.15) is 0 Å². The summed E-state index contributed by atoms with van der Waals surface area (Å²) in [6.07, 6.45) is 2.46. The number of nitrogens with zero attached hydrogens (tertiary/aromatic N) is 4. The van der Waals surface area contributed by atoms with E-state index in [2.05, 4.69) is 37.6 Å². The van der Waals surface area contributed by atoms with Crippen molar-refractivity contribution in [1.82, 2.24) is 20.0 Å². The van der Waals surface area contributed by atoms with Gasteiger partial charge in [-0.05, 0) is 50.1 Å². The summed E-state index contributed by atoms with van der Waals surface area (Å²) >= 11 is 0. The molecular weight excluding hydrogens is 364 g/mol. The highest BCUT2D eigenvalue weighted by atomic mass is 16.1. The van der Waals surface area contributed by atoms with E-state index in [-0.39, 0.29) is 5.56 Å². The van der Waals surface area contributed by atoms with Gasteiger partial charge in [-0.3, -0.25) is 9.89 Å². The number of benzene rings is 2. The number of aromatic amines is 1. The Morgan fingerprint density at radius 1 is 0.966 bits per heavy atom. The van der Waals surface area contributed by atoms with E-state index in [9.17, 15) is 4.79 Å². The summed E-state index contributed by atoms with van der Waals surface area (Å²) in [5.41, 5.74) is 2.73. The van der Waals surface area contributed by atoms with Gasteiger partial charge < -0.3 is 10.2 Å². The minimum atomic E-state index is -0.140. The number of fused-ring (bicyclic) bond motifs is 1. The predicted molar refractivity (Wildman–Crippen MR) is 115 cm³/mol. The zero-order valence-electron chi connectivity index (χ0n) is 16.2. The van der Waals surface area contributed by atoms with Gasteiger partial charge in [-0.25, -0.2) is 0 Å². The zero-order chi connectivity index (χ0) is 19.8. The zero-order valence-corrected chi connectivity index (χ0v) is 16.2. The van der Waals surface area contributed by atoms with Gasteiger partial charge in [-0.2, -0.15) is 9.78 Å². The first-order valence-electron chi connectivity index (χ1n) is 9.85. The fourth-order valence-electron chi connectivity index (χ4n) is 3.84. The molecule has 1 saturated heterocycles. The van der Waals surface area contributed by atoms with E-state index >= 15 is 0 Å². The van der Waals surface area contributed by atoms with E-state index in [1.165, 1.54) is 23.2 Å². The second-order valence-electron chi connectivity index (χ2n) is 7.38. The highest BCUT2D eigenvalue weighted by Gasteiger charge is 2.15. The maximum atomic E-state index is 13.1. The fraction of sp³-hybridized carbons (Fsp3) is 0.227. The summed E-state index contributed by atoms with van der Waals surface area (Å²) in [7, 11) is 0. The van der Waals surface area contributed by atoms with E-state index in [4.69, 9.17) is 0 Å². The van der Waals surface area contributed by atoms with E-state index < -0.39 is 0 Å². The second kappa shape index (κ2) is 7.09. The molecule has 0 atom stereocenters. The minimum absolute atomic E-state index is 0.140. The van der Waals surface area contributed by atoms with Gasteiger partial charge in [0.25, 0.3) is 5.56 Å². The molecule has 0 spiro atoms. The number of aryl methyl sites for hydroxylation is 1. The molecule has 2 aromatic carbocycles. The topological polar surface area (TPSA) is 78.8 Å². The lowest BCUT2D eigenvalue weighted by atomic mass is 10.2. The van der Waals surface area contributed by atoms with Crippen LogP contribution in [0, 0.1) is 6.92 Å². The Labute approximate surface area is 168 Å². The van der Waals surface area contributed by atoms with Crippen molar-refractivity contribution in [3.05, 3.63) is 70.6 Å². The average Bonchev–Trinajstić information content (AvgIpc) is 3.42. The Morgan fingerprint density at radius 2 is 1.66 bits per heavy atom. The smallest absolute Gasteiger partial charge is 0.279 e. The van der Waals surface area contributed by atoms with Crippen molar-refractivity contribution in [2.45, 2.75) is 19.8 Å². The van der Waals surface area contributed by atoms with Gasteiger partial charge in [0.15, 0.2) is 11.6 Å². The quantitative estimate of drug-likeness (QED) is 0.558. The molecule has 4 aromatic rings. The molecule has 2 aromatic heterocycles. The third-order valence-corrected chi connectivity index (χ3v) is 5.32. The fourth-order valence-corrected chi connectivity index (χ4v) is 3.84. The van der Waals surface area contributed by atoms with Crippen LogP contribution in [0.5, 0.6) is 0 Å².